The molecule has 0 aromatic rings. The summed E-state index contributed by atoms with van der Waals surface area (Å²) in [6.07, 6.45) is 6.85. The van der Waals surface area contributed by atoms with Crippen LogP contribution < -0.4 is 0 Å². The lowest BCUT2D eigenvalue weighted by Crippen LogP contribution is -1.96. The largest absolute Gasteiger partial charge is 0.198 e. The molecule has 0 spiro atoms. The van der Waals surface area contributed by atoms with Crippen molar-refractivity contribution in [3.05, 3.63) is 0 Å². The first-order chi connectivity index (χ1) is 4.92. The van der Waals surface area contributed by atoms with Gasteiger partial charge in [-0.15, -0.1) is 0 Å². The highest BCUT2D eigenvalue weighted by Crippen LogP contribution is 2.49. The topological polar surface area (TPSA) is 23.8 Å². The van der Waals surface area contributed by atoms with Crippen LogP contribution in [-0.2, 0) is 0 Å². The van der Waals surface area contributed by atoms with Crippen molar-refractivity contribution >= 4 is 0 Å². The van der Waals surface area contributed by atoms with Gasteiger partial charge in [-0.05, 0) is 18.3 Å². The van der Waals surface area contributed by atoms with Gasteiger partial charge >= 0.3 is 0 Å². The monoisotopic (exact) mass is 135 g/mol. The Morgan fingerprint density at radius 2 is 1.90 bits per heavy atom. The molecule has 0 heterocycles. The Kier molecular flexibility index (Phi) is 1.41. The van der Waals surface area contributed by atoms with Crippen LogP contribution in [0.2, 0.25) is 0 Å². The predicted molar refractivity (Wildman–Crippen MR) is 39.2 cm³/mol. The molecule has 0 N–H and O–H groups in total. The van der Waals surface area contributed by atoms with Crippen molar-refractivity contribution in [3.8, 4) is 6.07 Å². The minimum atomic E-state index is 0.447. The van der Waals surface area contributed by atoms with Crippen molar-refractivity contribution in [2.45, 2.75) is 32.1 Å². The number of rotatable bonds is 1. The molecule has 0 bridgehead atoms. The molecule has 0 aromatic heterocycles. The Balaban J connectivity index is 1.86. The van der Waals surface area contributed by atoms with E-state index >= 15 is 0 Å². The lowest BCUT2D eigenvalue weighted by Gasteiger charge is -2.03. The van der Waals surface area contributed by atoms with Crippen LogP contribution in [0.3, 0.4) is 0 Å². The molecule has 2 saturated carbocycles. The van der Waals surface area contributed by atoms with E-state index in [0.717, 1.165) is 11.8 Å². The third kappa shape index (κ3) is 0.923. The molecule has 0 aliphatic heterocycles. The molecule has 10 heavy (non-hydrogen) atoms. The SMILES string of the molecule is N#CC1CC1C1CCCC1. The van der Waals surface area contributed by atoms with Crippen LogP contribution in [0.15, 0.2) is 0 Å². The van der Waals surface area contributed by atoms with E-state index in [9.17, 15) is 0 Å². The standard InChI is InChI=1S/C9H13N/c10-6-8-5-9(8)7-3-1-2-4-7/h7-9H,1-5H2. The van der Waals surface area contributed by atoms with Crippen LogP contribution in [0.25, 0.3) is 0 Å². The Bertz CT molecular complexity index is 162. The van der Waals surface area contributed by atoms with Crippen molar-refractivity contribution in [1.29, 1.82) is 5.26 Å². The number of nitriles is 1. The van der Waals surface area contributed by atoms with Gasteiger partial charge < -0.3 is 0 Å². The second kappa shape index (κ2) is 2.27. The molecule has 2 atom stereocenters. The Morgan fingerprint density at radius 1 is 1.20 bits per heavy atom. The van der Waals surface area contributed by atoms with E-state index in [1.807, 2.05) is 0 Å². The first-order valence-electron chi connectivity index (χ1n) is 4.31. The van der Waals surface area contributed by atoms with Crippen LogP contribution in [-0.4, -0.2) is 0 Å². The minimum absolute atomic E-state index is 0.447. The molecule has 1 nitrogen and oxygen atoms in total. The molecule has 0 saturated heterocycles. The zero-order valence-corrected chi connectivity index (χ0v) is 6.21. The second-order valence-electron chi connectivity index (χ2n) is 3.68. The van der Waals surface area contributed by atoms with E-state index < -0.39 is 0 Å². The predicted octanol–water partition coefficient (Wildman–Crippen LogP) is 2.34. The normalized spacial score (nSPS) is 39.5. The molecule has 2 unspecified atom stereocenters. The highest BCUT2D eigenvalue weighted by atomic mass is 14.5. The molecule has 2 fully saturated rings. The molecule has 2 aliphatic carbocycles. The molecular weight excluding hydrogens is 122 g/mol. The lowest BCUT2D eigenvalue weighted by molar-refractivity contribution is 0.466. The molecule has 0 amide bonds. The summed E-state index contributed by atoms with van der Waals surface area (Å²) in [4.78, 5) is 0. The van der Waals surface area contributed by atoms with Gasteiger partial charge in [0.1, 0.15) is 0 Å². The summed E-state index contributed by atoms with van der Waals surface area (Å²) in [5, 5.41) is 8.59. The molecule has 2 rings (SSSR count). The first kappa shape index (κ1) is 6.22. The summed E-state index contributed by atoms with van der Waals surface area (Å²) in [5.41, 5.74) is 0. The summed E-state index contributed by atoms with van der Waals surface area (Å²) < 4.78 is 0. The van der Waals surface area contributed by atoms with Gasteiger partial charge in [0.05, 0.1) is 6.07 Å². The van der Waals surface area contributed by atoms with E-state index in [1.54, 1.807) is 0 Å². The Labute approximate surface area is 62.0 Å². The van der Waals surface area contributed by atoms with E-state index in [2.05, 4.69) is 6.07 Å². The maximum Gasteiger partial charge on any atom is 0.0658 e. The van der Waals surface area contributed by atoms with E-state index in [4.69, 9.17) is 5.26 Å². The van der Waals surface area contributed by atoms with Crippen molar-refractivity contribution in [2.75, 3.05) is 0 Å². The fourth-order valence-electron chi connectivity index (χ4n) is 2.27. The second-order valence-corrected chi connectivity index (χ2v) is 3.68. The zero-order chi connectivity index (χ0) is 6.97. The van der Waals surface area contributed by atoms with Gasteiger partial charge in [0.25, 0.3) is 0 Å². The summed E-state index contributed by atoms with van der Waals surface area (Å²) in [7, 11) is 0. The van der Waals surface area contributed by atoms with Gasteiger partial charge in [0.15, 0.2) is 0 Å². The third-order valence-corrected chi connectivity index (χ3v) is 3.01. The average Bonchev–Trinajstić information content (AvgIpc) is 2.56. The van der Waals surface area contributed by atoms with Crippen molar-refractivity contribution in [3.63, 3.8) is 0 Å². The molecule has 1 heteroatoms. The van der Waals surface area contributed by atoms with Gasteiger partial charge in [0, 0.05) is 5.92 Å². The highest BCUT2D eigenvalue weighted by molar-refractivity contribution is 5.04. The number of hydrogen-bond donors (Lipinski definition) is 0. The van der Waals surface area contributed by atoms with E-state index in [-0.39, 0.29) is 0 Å². The fourth-order valence-corrected chi connectivity index (χ4v) is 2.27. The van der Waals surface area contributed by atoms with Crippen molar-refractivity contribution < 1.29 is 0 Å². The lowest BCUT2D eigenvalue weighted by atomic mass is 10.0. The molecule has 0 radical (unpaired) electrons. The van der Waals surface area contributed by atoms with E-state index in [1.165, 1.54) is 32.1 Å². The average molecular weight is 135 g/mol. The summed E-state index contributed by atoms with van der Waals surface area (Å²) >= 11 is 0. The van der Waals surface area contributed by atoms with E-state index in [0.29, 0.717) is 5.92 Å². The quantitative estimate of drug-likeness (QED) is 0.541. The van der Waals surface area contributed by atoms with Crippen LogP contribution >= 0.6 is 0 Å². The zero-order valence-electron chi connectivity index (χ0n) is 6.21. The first-order valence-corrected chi connectivity index (χ1v) is 4.31. The summed E-state index contributed by atoms with van der Waals surface area (Å²) in [6.45, 7) is 0. The van der Waals surface area contributed by atoms with Crippen LogP contribution in [0, 0.1) is 29.1 Å². The van der Waals surface area contributed by atoms with Crippen LogP contribution in [0.1, 0.15) is 32.1 Å². The Hall–Kier alpha value is -0.510. The molecule has 0 aromatic carbocycles. The van der Waals surface area contributed by atoms with Gasteiger partial charge in [-0.2, -0.15) is 5.26 Å². The van der Waals surface area contributed by atoms with Gasteiger partial charge in [-0.3, -0.25) is 0 Å². The van der Waals surface area contributed by atoms with Crippen LogP contribution in [0.4, 0.5) is 0 Å². The van der Waals surface area contributed by atoms with Gasteiger partial charge in [0.2, 0.25) is 0 Å². The van der Waals surface area contributed by atoms with Gasteiger partial charge in [-0.25, -0.2) is 0 Å². The maximum atomic E-state index is 8.59. The minimum Gasteiger partial charge on any atom is -0.198 e. The fraction of sp³-hybridized carbons (Fsp3) is 0.889. The molecular formula is C9H13N. The summed E-state index contributed by atoms with van der Waals surface area (Å²) in [6, 6.07) is 2.37. The third-order valence-electron chi connectivity index (χ3n) is 3.01. The highest BCUT2D eigenvalue weighted by Gasteiger charge is 2.43. The number of nitrogens with zero attached hydrogens (tertiary/aromatic N) is 1. The number of hydrogen-bond acceptors (Lipinski definition) is 1. The van der Waals surface area contributed by atoms with Crippen molar-refractivity contribution in [2.24, 2.45) is 17.8 Å². The van der Waals surface area contributed by atoms with Crippen molar-refractivity contribution in [1.82, 2.24) is 0 Å². The molecule has 2 aliphatic rings. The smallest absolute Gasteiger partial charge is 0.0658 e. The van der Waals surface area contributed by atoms with Gasteiger partial charge in [-0.1, -0.05) is 25.7 Å². The Morgan fingerprint density at radius 3 is 2.40 bits per heavy atom. The van der Waals surface area contributed by atoms with Crippen LogP contribution in [0.5, 0.6) is 0 Å². The molecule has 54 valence electrons. The summed E-state index contributed by atoms with van der Waals surface area (Å²) in [5.74, 6) is 2.19. The maximum absolute atomic E-state index is 8.59.